The number of carbonyl (C=O) groups excluding carboxylic acids is 1. The lowest BCUT2D eigenvalue weighted by atomic mass is 10.1. The molecule has 0 atom stereocenters. The van der Waals surface area contributed by atoms with Crippen LogP contribution in [0.4, 0.5) is 15.9 Å². The number of amides is 1. The molecule has 37 heavy (non-hydrogen) atoms. The summed E-state index contributed by atoms with van der Waals surface area (Å²) in [5.41, 5.74) is 2.42. The minimum Gasteiger partial charge on any atom is -0.370 e. The molecule has 0 saturated carbocycles. The Hall–Kier alpha value is -3.93. The summed E-state index contributed by atoms with van der Waals surface area (Å²) in [4.78, 5) is 25.1. The van der Waals surface area contributed by atoms with Crippen molar-refractivity contribution in [2.45, 2.75) is 13.2 Å². The first-order valence-electron chi connectivity index (χ1n) is 10.9. The number of pyridine rings is 1. The van der Waals surface area contributed by atoms with E-state index in [9.17, 15) is 17.6 Å². The van der Waals surface area contributed by atoms with Gasteiger partial charge in [-0.1, -0.05) is 35.9 Å². The number of hydrogen-bond acceptors (Lipinski definition) is 7. The molecule has 2 aromatic carbocycles. The third-order valence-corrected chi connectivity index (χ3v) is 5.82. The van der Waals surface area contributed by atoms with E-state index in [1.807, 2.05) is 12.1 Å². The predicted molar refractivity (Wildman–Crippen MR) is 138 cm³/mol. The molecule has 0 aliphatic rings. The summed E-state index contributed by atoms with van der Waals surface area (Å²) in [6.07, 6.45) is 3.98. The van der Waals surface area contributed by atoms with Gasteiger partial charge in [0.2, 0.25) is 10.0 Å². The summed E-state index contributed by atoms with van der Waals surface area (Å²) in [6, 6.07) is 16.2. The van der Waals surface area contributed by atoms with Crippen molar-refractivity contribution in [2.75, 3.05) is 16.3 Å². The molecule has 0 spiro atoms. The van der Waals surface area contributed by atoms with Crippen LogP contribution in [0.1, 0.15) is 21.6 Å². The van der Waals surface area contributed by atoms with E-state index in [0.717, 1.165) is 11.9 Å². The quantitative estimate of drug-likeness (QED) is 0.315. The van der Waals surface area contributed by atoms with Crippen molar-refractivity contribution >= 4 is 39.0 Å². The number of carbonyl (C=O) groups is 1. The summed E-state index contributed by atoms with van der Waals surface area (Å²) in [7, 11) is -3.62. The summed E-state index contributed by atoms with van der Waals surface area (Å²) in [6.45, 7) is 0.301. The van der Waals surface area contributed by atoms with Crippen LogP contribution in [0.2, 0.25) is 5.15 Å². The molecule has 190 valence electrons. The van der Waals surface area contributed by atoms with Gasteiger partial charge in [0.1, 0.15) is 5.82 Å². The number of nitrogens with one attached hydrogen (secondary N) is 2. The molecule has 1 amide bonds. The van der Waals surface area contributed by atoms with Crippen molar-refractivity contribution in [3.8, 4) is 11.3 Å². The van der Waals surface area contributed by atoms with Crippen LogP contribution in [0.15, 0.2) is 73.1 Å². The Labute approximate surface area is 217 Å². The van der Waals surface area contributed by atoms with E-state index in [1.165, 1.54) is 12.3 Å². The molecule has 0 unspecified atom stereocenters. The van der Waals surface area contributed by atoms with Gasteiger partial charge in [0.05, 0.1) is 37.1 Å². The lowest BCUT2D eigenvalue weighted by molar-refractivity contribution is 0.102. The van der Waals surface area contributed by atoms with Crippen molar-refractivity contribution < 1.29 is 22.3 Å². The van der Waals surface area contributed by atoms with Gasteiger partial charge in [-0.25, -0.2) is 22.8 Å². The van der Waals surface area contributed by atoms with E-state index < -0.39 is 21.7 Å². The summed E-state index contributed by atoms with van der Waals surface area (Å²) in [5.74, 6) is -1.12. The molecule has 2 aromatic heterocycles. The van der Waals surface area contributed by atoms with Crippen molar-refractivity contribution in [1.82, 2.24) is 15.0 Å². The molecule has 2 N–H and O–H groups in total. The number of halogens is 2. The van der Waals surface area contributed by atoms with E-state index in [2.05, 4.69) is 25.0 Å². The topological polar surface area (TPSA) is 123 Å². The Bertz CT molecular complexity index is 1540. The molecule has 0 fully saturated rings. The van der Waals surface area contributed by atoms with E-state index in [-0.39, 0.29) is 35.4 Å². The Balaban J connectivity index is 1.43. The largest absolute Gasteiger partial charge is 0.370 e. The molecule has 0 radical (unpaired) electrons. The molecule has 0 aliphatic carbocycles. The standard InChI is InChI=1S/C25H21ClFN5O4S/c1-37(34,35)32-24-23(26)29-13-22(31-24)16-5-4-6-17(11-16)25(33)30-19-9-8-18(21(27)12-19)14-36-15-20-7-2-3-10-28-20/h2-13H,14-15H2,1H3,(H,30,33)(H,31,32). The summed E-state index contributed by atoms with van der Waals surface area (Å²) < 4.78 is 45.4. The van der Waals surface area contributed by atoms with Crippen molar-refractivity contribution in [3.63, 3.8) is 0 Å². The molecule has 4 rings (SSSR count). The number of hydrogen-bond donors (Lipinski definition) is 2. The Morgan fingerprint density at radius 2 is 1.89 bits per heavy atom. The Kier molecular flexibility index (Phi) is 8.07. The number of sulfonamides is 1. The van der Waals surface area contributed by atoms with Gasteiger partial charge in [-0.15, -0.1) is 0 Å². The third-order valence-electron chi connectivity index (χ3n) is 4.98. The Morgan fingerprint density at radius 3 is 2.62 bits per heavy atom. The maximum Gasteiger partial charge on any atom is 0.255 e. The van der Waals surface area contributed by atoms with Gasteiger partial charge in [0.25, 0.3) is 5.91 Å². The first-order valence-corrected chi connectivity index (χ1v) is 13.1. The zero-order chi connectivity index (χ0) is 26.4. The highest BCUT2D eigenvalue weighted by atomic mass is 35.5. The summed E-state index contributed by atoms with van der Waals surface area (Å²) in [5, 5.41) is 2.54. The van der Waals surface area contributed by atoms with Crippen LogP contribution >= 0.6 is 11.6 Å². The van der Waals surface area contributed by atoms with Crippen LogP contribution in [0.25, 0.3) is 11.3 Å². The highest BCUT2D eigenvalue weighted by Crippen LogP contribution is 2.25. The highest BCUT2D eigenvalue weighted by Gasteiger charge is 2.14. The maximum atomic E-state index is 14.6. The fourth-order valence-electron chi connectivity index (χ4n) is 3.27. The molecular weight excluding hydrogens is 521 g/mol. The van der Waals surface area contributed by atoms with Crippen LogP contribution in [-0.2, 0) is 28.0 Å². The molecule has 0 bridgehead atoms. The van der Waals surface area contributed by atoms with Gasteiger partial charge in [-0.2, -0.15) is 0 Å². The number of aromatic nitrogens is 3. The fraction of sp³-hybridized carbons (Fsp3) is 0.120. The monoisotopic (exact) mass is 541 g/mol. The van der Waals surface area contributed by atoms with E-state index >= 15 is 0 Å². The highest BCUT2D eigenvalue weighted by molar-refractivity contribution is 7.92. The van der Waals surface area contributed by atoms with Crippen molar-refractivity contribution in [2.24, 2.45) is 0 Å². The van der Waals surface area contributed by atoms with E-state index in [1.54, 1.807) is 48.7 Å². The van der Waals surface area contributed by atoms with Crippen molar-refractivity contribution in [3.05, 3.63) is 101 Å². The van der Waals surface area contributed by atoms with E-state index in [0.29, 0.717) is 16.8 Å². The fourth-order valence-corrected chi connectivity index (χ4v) is 3.96. The zero-order valence-corrected chi connectivity index (χ0v) is 21.1. The van der Waals surface area contributed by atoms with Crippen LogP contribution < -0.4 is 10.0 Å². The van der Waals surface area contributed by atoms with Gasteiger partial charge in [-0.05, 0) is 36.4 Å². The normalized spacial score (nSPS) is 11.2. The van der Waals surface area contributed by atoms with Gasteiger partial charge in [0, 0.05) is 28.6 Å². The van der Waals surface area contributed by atoms with Gasteiger partial charge < -0.3 is 10.1 Å². The van der Waals surface area contributed by atoms with Crippen LogP contribution in [0.5, 0.6) is 0 Å². The third kappa shape index (κ3) is 7.29. The maximum absolute atomic E-state index is 14.6. The average molecular weight is 542 g/mol. The molecular formula is C25H21ClFN5O4S. The molecule has 0 aliphatic heterocycles. The van der Waals surface area contributed by atoms with E-state index in [4.69, 9.17) is 16.3 Å². The second-order valence-electron chi connectivity index (χ2n) is 7.92. The molecule has 2 heterocycles. The lowest BCUT2D eigenvalue weighted by Crippen LogP contribution is -2.13. The average Bonchev–Trinajstić information content (AvgIpc) is 2.86. The smallest absolute Gasteiger partial charge is 0.255 e. The minimum absolute atomic E-state index is 0.0526. The second kappa shape index (κ2) is 11.4. The zero-order valence-electron chi connectivity index (χ0n) is 19.5. The number of rotatable bonds is 9. The van der Waals surface area contributed by atoms with Gasteiger partial charge in [0.15, 0.2) is 11.0 Å². The van der Waals surface area contributed by atoms with Crippen molar-refractivity contribution in [1.29, 1.82) is 0 Å². The minimum atomic E-state index is -3.62. The van der Waals surface area contributed by atoms with Gasteiger partial charge >= 0.3 is 0 Å². The molecule has 0 saturated heterocycles. The first kappa shape index (κ1) is 26.1. The SMILES string of the molecule is CS(=O)(=O)Nc1nc(-c2cccc(C(=O)Nc3ccc(COCc4ccccn4)c(F)c3)c2)cnc1Cl. The number of nitrogens with zero attached hydrogens (tertiary/aromatic N) is 3. The predicted octanol–water partition coefficient (Wildman–Crippen LogP) is 4.67. The molecule has 9 nitrogen and oxygen atoms in total. The Morgan fingerprint density at radius 1 is 1.05 bits per heavy atom. The first-order chi connectivity index (χ1) is 17.7. The lowest BCUT2D eigenvalue weighted by Gasteiger charge is -2.10. The number of benzene rings is 2. The molecule has 12 heteroatoms. The van der Waals surface area contributed by atoms with Crippen LogP contribution in [-0.4, -0.2) is 35.5 Å². The second-order valence-corrected chi connectivity index (χ2v) is 10.0. The van der Waals surface area contributed by atoms with Gasteiger partial charge in [-0.3, -0.25) is 14.5 Å². The van der Waals surface area contributed by atoms with Crippen LogP contribution in [0.3, 0.4) is 0 Å². The number of ether oxygens (including phenoxy) is 1. The summed E-state index contributed by atoms with van der Waals surface area (Å²) >= 11 is 5.94. The molecule has 4 aromatic rings. The number of anilines is 2. The van der Waals surface area contributed by atoms with Crippen LogP contribution in [0, 0.1) is 5.82 Å².